The summed E-state index contributed by atoms with van der Waals surface area (Å²) in [6, 6.07) is 17.3. The van der Waals surface area contributed by atoms with Crippen molar-refractivity contribution in [2.45, 2.75) is 62.7 Å². The number of fused-ring (bicyclic) bond motifs is 1. The van der Waals surface area contributed by atoms with E-state index in [4.69, 9.17) is 21.1 Å². The van der Waals surface area contributed by atoms with E-state index >= 15 is 8.78 Å². The van der Waals surface area contributed by atoms with Gasteiger partial charge in [-0.15, -0.1) is 0 Å². The molecule has 2 aliphatic rings. The fourth-order valence-corrected chi connectivity index (χ4v) is 5.79. The molecule has 220 valence electrons. The molecule has 2 aliphatic heterocycles. The predicted molar refractivity (Wildman–Crippen MR) is 156 cm³/mol. The van der Waals surface area contributed by atoms with Gasteiger partial charge in [-0.2, -0.15) is 8.78 Å². The Bertz CT molecular complexity index is 1330. The maximum atomic E-state index is 15.1. The third kappa shape index (κ3) is 7.74. The van der Waals surface area contributed by atoms with Crippen LogP contribution in [0.1, 0.15) is 49.3 Å². The number of nitrogens with one attached hydrogen (secondary N) is 1. The van der Waals surface area contributed by atoms with E-state index in [1.54, 1.807) is 18.2 Å². The first-order chi connectivity index (χ1) is 19.8. The molecule has 2 heterocycles. The van der Waals surface area contributed by atoms with Gasteiger partial charge in [0.25, 0.3) is 5.91 Å². The average Bonchev–Trinajstić information content (AvgIpc) is 3.50. The number of amides is 1. The summed E-state index contributed by atoms with van der Waals surface area (Å²) in [5.41, 5.74) is 1.17. The number of hydrogen-bond donors (Lipinski definition) is 2. The van der Waals surface area contributed by atoms with Gasteiger partial charge in [-0.1, -0.05) is 60.1 Å². The number of aryl methyl sites for hydroxylation is 1. The summed E-state index contributed by atoms with van der Waals surface area (Å²) in [6.45, 7) is 3.09. The van der Waals surface area contributed by atoms with Gasteiger partial charge >= 0.3 is 5.92 Å². The highest BCUT2D eigenvalue weighted by molar-refractivity contribution is 6.32. The van der Waals surface area contributed by atoms with E-state index in [9.17, 15) is 9.90 Å². The van der Waals surface area contributed by atoms with Crippen LogP contribution < -0.4 is 10.1 Å². The van der Waals surface area contributed by atoms with Crippen LogP contribution in [0, 0.1) is 0 Å². The summed E-state index contributed by atoms with van der Waals surface area (Å²) in [4.78, 5) is 15.0. The van der Waals surface area contributed by atoms with Crippen molar-refractivity contribution in [1.82, 2.24) is 10.2 Å². The van der Waals surface area contributed by atoms with Crippen LogP contribution in [0.5, 0.6) is 5.75 Å². The molecular formula is C32H37ClF2N2O4. The van der Waals surface area contributed by atoms with Gasteiger partial charge in [0.1, 0.15) is 18.0 Å². The van der Waals surface area contributed by atoms with Crippen molar-refractivity contribution in [2.24, 2.45) is 0 Å². The number of likely N-dealkylation sites (tertiary alicyclic amines) is 1. The zero-order chi connectivity index (χ0) is 28.8. The summed E-state index contributed by atoms with van der Waals surface area (Å²) >= 11 is 6.50. The van der Waals surface area contributed by atoms with Crippen LogP contribution in [0.3, 0.4) is 0 Å². The molecule has 2 N–H and O–H groups in total. The second-order valence-corrected chi connectivity index (χ2v) is 11.4. The minimum Gasteiger partial charge on any atom is -0.489 e. The van der Waals surface area contributed by atoms with E-state index in [1.165, 1.54) is 0 Å². The molecule has 2 fully saturated rings. The molecule has 0 aromatic heterocycles. The summed E-state index contributed by atoms with van der Waals surface area (Å²) in [6.07, 6.45) is 1.69. The largest absolute Gasteiger partial charge is 0.489 e. The van der Waals surface area contributed by atoms with Gasteiger partial charge in [0.05, 0.1) is 24.3 Å². The van der Waals surface area contributed by atoms with Crippen molar-refractivity contribution in [3.05, 3.63) is 76.8 Å². The standard InChI is InChI=1S/C32H37ClF2N2O4/c33-27-20-25(9-10-29(27)41-26-12-17-40-18-13-26)30(38)28(21-37-15-3-4-16-37)36-31(39)32(34,35)14-11-22-7-8-23-5-1-2-6-24(23)19-22/h1-2,5-10,19-20,26,28,30,38H,3-4,11-18,21H2,(H,36,39)/t28-,30-/m1/s1. The number of ether oxygens (including phenoxy) is 2. The molecule has 2 atom stereocenters. The number of halogens is 3. The first kappa shape index (κ1) is 29.7. The van der Waals surface area contributed by atoms with E-state index in [0.29, 0.717) is 29.5 Å². The molecule has 0 aliphatic carbocycles. The number of hydrogen-bond acceptors (Lipinski definition) is 5. The zero-order valence-corrected chi connectivity index (χ0v) is 23.8. The lowest BCUT2D eigenvalue weighted by Crippen LogP contribution is -2.51. The summed E-state index contributed by atoms with van der Waals surface area (Å²) in [5.74, 6) is -4.49. The molecule has 5 rings (SSSR count). The number of carbonyl (C=O) groups is 1. The van der Waals surface area contributed by atoms with Crippen LogP contribution in [0.4, 0.5) is 8.78 Å². The topological polar surface area (TPSA) is 71.0 Å². The number of alkyl halides is 2. The fraction of sp³-hybridized carbons (Fsp3) is 0.469. The van der Waals surface area contributed by atoms with E-state index in [-0.39, 0.29) is 19.1 Å². The van der Waals surface area contributed by atoms with Gasteiger partial charge in [0, 0.05) is 25.8 Å². The van der Waals surface area contributed by atoms with Crippen molar-refractivity contribution in [3.63, 3.8) is 0 Å². The second-order valence-electron chi connectivity index (χ2n) is 11.0. The summed E-state index contributed by atoms with van der Waals surface area (Å²) in [5, 5.41) is 16.1. The highest BCUT2D eigenvalue weighted by Gasteiger charge is 2.40. The average molecular weight is 587 g/mol. The molecular weight excluding hydrogens is 550 g/mol. The van der Waals surface area contributed by atoms with Gasteiger partial charge in [-0.25, -0.2) is 0 Å². The highest BCUT2D eigenvalue weighted by atomic mass is 35.5. The van der Waals surface area contributed by atoms with E-state index < -0.39 is 30.4 Å². The second kappa shape index (κ2) is 13.5. The molecule has 2 saturated heterocycles. The Hall–Kier alpha value is -2.78. The van der Waals surface area contributed by atoms with Crippen molar-refractivity contribution in [1.29, 1.82) is 0 Å². The van der Waals surface area contributed by atoms with Gasteiger partial charge in [-0.3, -0.25) is 4.79 Å². The molecule has 6 nitrogen and oxygen atoms in total. The molecule has 41 heavy (non-hydrogen) atoms. The van der Waals surface area contributed by atoms with Gasteiger partial charge < -0.3 is 24.8 Å². The number of nitrogens with zero attached hydrogens (tertiary/aromatic N) is 1. The number of carbonyl (C=O) groups excluding carboxylic acids is 1. The molecule has 0 unspecified atom stereocenters. The predicted octanol–water partition coefficient (Wildman–Crippen LogP) is 5.93. The Labute approximate surface area is 244 Å². The molecule has 0 spiro atoms. The lowest BCUT2D eigenvalue weighted by atomic mass is 9.99. The third-order valence-corrected chi connectivity index (χ3v) is 8.28. The van der Waals surface area contributed by atoms with Crippen molar-refractivity contribution >= 4 is 28.3 Å². The van der Waals surface area contributed by atoms with Crippen LogP contribution >= 0.6 is 11.6 Å². The maximum Gasteiger partial charge on any atom is 0.324 e. The van der Waals surface area contributed by atoms with E-state index in [1.807, 2.05) is 42.5 Å². The minimum atomic E-state index is -3.60. The van der Waals surface area contributed by atoms with Gasteiger partial charge in [-0.05, 0) is 66.4 Å². The first-order valence-corrected chi connectivity index (χ1v) is 14.8. The summed E-state index contributed by atoms with van der Waals surface area (Å²) in [7, 11) is 0. The van der Waals surface area contributed by atoms with Crippen LogP contribution in [0.2, 0.25) is 5.02 Å². The van der Waals surface area contributed by atoms with Crippen molar-refractivity contribution in [3.8, 4) is 5.75 Å². The van der Waals surface area contributed by atoms with Crippen molar-refractivity contribution < 1.29 is 28.2 Å². The third-order valence-electron chi connectivity index (χ3n) is 7.98. The molecule has 3 aromatic carbocycles. The summed E-state index contributed by atoms with van der Waals surface area (Å²) < 4.78 is 41.7. The van der Waals surface area contributed by atoms with Crippen LogP contribution in [0.15, 0.2) is 60.7 Å². The Morgan fingerprint density at radius 3 is 2.54 bits per heavy atom. The molecule has 9 heteroatoms. The Morgan fingerprint density at radius 1 is 1.07 bits per heavy atom. The number of benzene rings is 3. The zero-order valence-electron chi connectivity index (χ0n) is 23.0. The molecule has 0 bridgehead atoms. The Morgan fingerprint density at radius 2 is 1.80 bits per heavy atom. The monoisotopic (exact) mass is 586 g/mol. The lowest BCUT2D eigenvalue weighted by Gasteiger charge is -2.30. The minimum absolute atomic E-state index is 0.00364. The Kier molecular flexibility index (Phi) is 9.75. The van der Waals surface area contributed by atoms with E-state index in [2.05, 4.69) is 10.2 Å². The van der Waals surface area contributed by atoms with Crippen molar-refractivity contribution in [2.75, 3.05) is 32.8 Å². The van der Waals surface area contributed by atoms with E-state index in [0.717, 1.165) is 55.1 Å². The number of aliphatic hydroxyl groups excluding tert-OH is 1. The molecule has 0 saturated carbocycles. The fourth-order valence-electron chi connectivity index (χ4n) is 5.55. The van der Waals surface area contributed by atoms with Gasteiger partial charge in [0.15, 0.2) is 0 Å². The number of aliphatic hydroxyl groups is 1. The quantitative estimate of drug-likeness (QED) is 0.291. The first-order valence-electron chi connectivity index (χ1n) is 14.4. The molecule has 0 radical (unpaired) electrons. The van der Waals surface area contributed by atoms with Crippen LogP contribution in [-0.4, -0.2) is 66.8 Å². The lowest BCUT2D eigenvalue weighted by molar-refractivity contribution is -0.148. The smallest absolute Gasteiger partial charge is 0.324 e. The SMILES string of the molecule is O=C(N[C@H](CN1CCCC1)[C@H](O)c1ccc(OC2CCOCC2)c(Cl)c1)C(F)(F)CCc1ccc2ccccc2c1. The normalized spacial score (nSPS) is 18.3. The van der Waals surface area contributed by atoms with Crippen LogP contribution in [0.25, 0.3) is 10.8 Å². The Balaban J connectivity index is 1.26. The molecule has 3 aromatic rings. The van der Waals surface area contributed by atoms with Gasteiger partial charge in [0.2, 0.25) is 0 Å². The molecule has 1 amide bonds. The maximum absolute atomic E-state index is 15.1. The van der Waals surface area contributed by atoms with Crippen LogP contribution in [-0.2, 0) is 16.0 Å². The number of rotatable bonds is 11. The highest BCUT2D eigenvalue weighted by Crippen LogP contribution is 2.32.